The number of piperazine rings is 1. The van der Waals surface area contributed by atoms with Crippen LogP contribution >= 0.6 is 0 Å². The van der Waals surface area contributed by atoms with Crippen LogP contribution in [0.4, 0.5) is 5.69 Å². The predicted molar refractivity (Wildman–Crippen MR) is 69.6 cm³/mol. The Balaban J connectivity index is 1.94. The van der Waals surface area contributed by atoms with Crippen molar-refractivity contribution in [2.24, 2.45) is 0 Å². The van der Waals surface area contributed by atoms with E-state index >= 15 is 0 Å². The van der Waals surface area contributed by atoms with Crippen molar-refractivity contribution in [3.63, 3.8) is 0 Å². The average molecular weight is 264 g/mol. The largest absolute Gasteiger partial charge is 0.304 e. The first-order valence-electron chi connectivity index (χ1n) is 6.05. The summed E-state index contributed by atoms with van der Waals surface area (Å²) in [5.41, 5.74) is 3.21. The molecule has 102 valence electrons. The fraction of sp³-hybridized carbons (Fsp3) is 0.417. The molecular formula is C12H16N4O3. The van der Waals surface area contributed by atoms with E-state index in [0.717, 1.165) is 26.2 Å². The molecule has 1 amide bonds. The highest BCUT2D eigenvalue weighted by molar-refractivity contribution is 5.94. The standard InChI is InChI=1S/C12H16N4O3/c1-14-6-8-15(9-7-14)13-12(17)10-2-4-11(5-3-10)16(18)19/h2-5H,6-9H2,1H3,(H,13,17). The molecule has 1 aliphatic heterocycles. The maximum absolute atomic E-state index is 11.9. The van der Waals surface area contributed by atoms with Crippen molar-refractivity contribution in [3.8, 4) is 0 Å². The lowest BCUT2D eigenvalue weighted by Gasteiger charge is -2.32. The van der Waals surface area contributed by atoms with Crippen LogP contribution < -0.4 is 5.43 Å². The number of benzene rings is 1. The van der Waals surface area contributed by atoms with E-state index in [1.807, 2.05) is 12.1 Å². The molecule has 0 bridgehead atoms. The number of carbonyl (C=O) groups excluding carboxylic acids is 1. The van der Waals surface area contributed by atoms with E-state index in [1.165, 1.54) is 24.3 Å². The van der Waals surface area contributed by atoms with E-state index in [0.29, 0.717) is 5.56 Å². The maximum atomic E-state index is 11.9. The third-order valence-corrected chi connectivity index (χ3v) is 3.10. The van der Waals surface area contributed by atoms with Crippen molar-refractivity contribution in [3.05, 3.63) is 39.9 Å². The zero-order valence-electron chi connectivity index (χ0n) is 10.7. The minimum Gasteiger partial charge on any atom is -0.304 e. The van der Waals surface area contributed by atoms with E-state index in [4.69, 9.17) is 0 Å². The molecule has 1 aromatic carbocycles. The van der Waals surface area contributed by atoms with Crippen LogP contribution in [0.1, 0.15) is 10.4 Å². The number of nitro benzene ring substituents is 1. The second kappa shape index (κ2) is 5.77. The number of non-ortho nitro benzene ring substituents is 1. The van der Waals surface area contributed by atoms with Crippen LogP contribution in [0, 0.1) is 10.1 Å². The molecule has 2 rings (SSSR count). The van der Waals surface area contributed by atoms with Crippen molar-refractivity contribution in [1.29, 1.82) is 0 Å². The smallest absolute Gasteiger partial charge is 0.269 e. The summed E-state index contributed by atoms with van der Waals surface area (Å²) in [5.74, 6) is -0.237. The summed E-state index contributed by atoms with van der Waals surface area (Å²) in [6.45, 7) is 3.35. The Morgan fingerprint density at radius 3 is 2.32 bits per heavy atom. The number of rotatable bonds is 3. The molecule has 1 saturated heterocycles. The van der Waals surface area contributed by atoms with Gasteiger partial charge in [0.05, 0.1) is 4.92 Å². The highest BCUT2D eigenvalue weighted by Crippen LogP contribution is 2.12. The summed E-state index contributed by atoms with van der Waals surface area (Å²) in [5, 5.41) is 12.4. The Kier molecular flexibility index (Phi) is 4.08. The van der Waals surface area contributed by atoms with E-state index < -0.39 is 4.92 Å². The minimum atomic E-state index is -0.484. The second-order valence-corrected chi connectivity index (χ2v) is 4.54. The molecule has 0 aliphatic carbocycles. The van der Waals surface area contributed by atoms with Crippen LogP contribution in [0.5, 0.6) is 0 Å². The Hall–Kier alpha value is -1.99. The number of nitrogens with zero attached hydrogens (tertiary/aromatic N) is 3. The first-order chi connectivity index (χ1) is 9.06. The molecule has 0 saturated carbocycles. The normalized spacial score (nSPS) is 17.1. The number of hydrogen-bond donors (Lipinski definition) is 1. The Morgan fingerprint density at radius 2 is 1.79 bits per heavy atom. The lowest BCUT2D eigenvalue weighted by molar-refractivity contribution is -0.384. The van der Waals surface area contributed by atoms with E-state index in [2.05, 4.69) is 10.3 Å². The summed E-state index contributed by atoms with van der Waals surface area (Å²) in [6, 6.07) is 5.59. The maximum Gasteiger partial charge on any atom is 0.269 e. The van der Waals surface area contributed by atoms with E-state index in [9.17, 15) is 14.9 Å². The molecule has 0 radical (unpaired) electrons. The Labute approximate surface area is 110 Å². The quantitative estimate of drug-likeness (QED) is 0.635. The van der Waals surface area contributed by atoms with Gasteiger partial charge < -0.3 is 4.90 Å². The van der Waals surface area contributed by atoms with Crippen LogP contribution in [-0.4, -0.2) is 54.0 Å². The molecule has 7 heteroatoms. The minimum absolute atomic E-state index is 0.0175. The lowest BCUT2D eigenvalue weighted by Crippen LogP contribution is -2.52. The van der Waals surface area contributed by atoms with Crippen LogP contribution in [0.3, 0.4) is 0 Å². The van der Waals surface area contributed by atoms with Gasteiger partial charge in [0.2, 0.25) is 0 Å². The molecule has 19 heavy (non-hydrogen) atoms. The highest BCUT2D eigenvalue weighted by atomic mass is 16.6. The summed E-state index contributed by atoms with van der Waals surface area (Å²) in [4.78, 5) is 24.2. The molecule has 0 atom stereocenters. The van der Waals surface area contributed by atoms with Gasteiger partial charge in [-0.15, -0.1) is 0 Å². The van der Waals surface area contributed by atoms with E-state index in [-0.39, 0.29) is 11.6 Å². The fourth-order valence-electron chi connectivity index (χ4n) is 1.86. The zero-order chi connectivity index (χ0) is 13.8. The molecule has 1 heterocycles. The Bertz CT molecular complexity index is 466. The molecule has 0 unspecified atom stereocenters. The van der Waals surface area contributed by atoms with Crippen LogP contribution in [-0.2, 0) is 0 Å². The molecule has 7 nitrogen and oxygen atoms in total. The first-order valence-corrected chi connectivity index (χ1v) is 6.05. The van der Waals surface area contributed by atoms with Crippen molar-refractivity contribution < 1.29 is 9.72 Å². The van der Waals surface area contributed by atoms with Gasteiger partial charge in [-0.25, -0.2) is 5.01 Å². The third-order valence-electron chi connectivity index (χ3n) is 3.10. The molecule has 0 spiro atoms. The van der Waals surface area contributed by atoms with Gasteiger partial charge in [0.15, 0.2) is 0 Å². The van der Waals surface area contributed by atoms with Crippen LogP contribution in [0.25, 0.3) is 0 Å². The summed E-state index contributed by atoms with van der Waals surface area (Å²) >= 11 is 0. The molecule has 0 aromatic heterocycles. The van der Waals surface area contributed by atoms with Gasteiger partial charge in [0.1, 0.15) is 0 Å². The van der Waals surface area contributed by atoms with Crippen molar-refractivity contribution in [2.45, 2.75) is 0 Å². The number of hydrogen-bond acceptors (Lipinski definition) is 5. The first kappa shape index (κ1) is 13.4. The molecule has 1 aromatic rings. The van der Waals surface area contributed by atoms with Crippen molar-refractivity contribution in [2.75, 3.05) is 33.2 Å². The van der Waals surface area contributed by atoms with Gasteiger partial charge in [-0.1, -0.05) is 0 Å². The van der Waals surface area contributed by atoms with Crippen molar-refractivity contribution >= 4 is 11.6 Å². The zero-order valence-corrected chi connectivity index (χ0v) is 10.7. The van der Waals surface area contributed by atoms with Gasteiger partial charge in [0, 0.05) is 43.9 Å². The van der Waals surface area contributed by atoms with Gasteiger partial charge in [-0.05, 0) is 19.2 Å². The molecule has 1 N–H and O–H groups in total. The van der Waals surface area contributed by atoms with Crippen molar-refractivity contribution in [1.82, 2.24) is 15.3 Å². The topological polar surface area (TPSA) is 78.7 Å². The molecule has 1 fully saturated rings. The number of likely N-dealkylation sites (N-methyl/N-ethyl adjacent to an activating group) is 1. The van der Waals surface area contributed by atoms with Gasteiger partial charge in [-0.3, -0.25) is 20.3 Å². The van der Waals surface area contributed by atoms with E-state index in [1.54, 1.807) is 0 Å². The number of nitrogens with one attached hydrogen (secondary N) is 1. The highest BCUT2D eigenvalue weighted by Gasteiger charge is 2.17. The summed E-state index contributed by atoms with van der Waals surface area (Å²) in [6.07, 6.45) is 0. The van der Waals surface area contributed by atoms with Gasteiger partial charge in [0.25, 0.3) is 11.6 Å². The number of amides is 1. The summed E-state index contributed by atoms with van der Waals surface area (Å²) in [7, 11) is 2.04. The average Bonchev–Trinajstić information content (AvgIpc) is 2.41. The van der Waals surface area contributed by atoms with Gasteiger partial charge >= 0.3 is 0 Å². The van der Waals surface area contributed by atoms with Crippen LogP contribution in [0.2, 0.25) is 0 Å². The number of nitro groups is 1. The molecular weight excluding hydrogens is 248 g/mol. The van der Waals surface area contributed by atoms with Crippen LogP contribution in [0.15, 0.2) is 24.3 Å². The number of hydrazine groups is 1. The Morgan fingerprint density at radius 1 is 1.21 bits per heavy atom. The monoisotopic (exact) mass is 264 g/mol. The predicted octanol–water partition coefficient (Wildman–Crippen LogP) is 0.487. The lowest BCUT2D eigenvalue weighted by atomic mass is 10.2. The fourth-order valence-corrected chi connectivity index (χ4v) is 1.86. The SMILES string of the molecule is CN1CCN(NC(=O)c2ccc([N+](=O)[O-])cc2)CC1. The second-order valence-electron chi connectivity index (χ2n) is 4.54. The van der Waals surface area contributed by atoms with Gasteiger partial charge in [-0.2, -0.15) is 0 Å². The number of carbonyl (C=O) groups is 1. The molecule has 1 aliphatic rings. The summed E-state index contributed by atoms with van der Waals surface area (Å²) < 4.78 is 0. The third kappa shape index (κ3) is 3.49.